The Bertz CT molecular complexity index is 1200. The lowest BCUT2D eigenvalue weighted by atomic mass is 10.1. The lowest BCUT2D eigenvalue weighted by Crippen LogP contribution is -2.37. The second-order valence-electron chi connectivity index (χ2n) is 7.97. The quantitative estimate of drug-likeness (QED) is 0.270. The Morgan fingerprint density at radius 3 is 2.59 bits per heavy atom. The maximum Gasteiger partial charge on any atom is 0.269 e. The molecule has 0 amide bonds. The van der Waals surface area contributed by atoms with Crippen molar-refractivity contribution in [2.45, 2.75) is 43.6 Å². The predicted molar refractivity (Wildman–Crippen MR) is 127 cm³/mol. The fraction of sp³-hybridized carbons (Fsp3) is 0.391. The molecule has 1 aliphatic heterocycles. The molecule has 1 aliphatic rings. The van der Waals surface area contributed by atoms with Crippen LogP contribution in [0.4, 0.5) is 5.82 Å². The second-order valence-corrected chi connectivity index (χ2v) is 10.1. The van der Waals surface area contributed by atoms with Crippen LogP contribution in [0.5, 0.6) is 0 Å². The molecule has 0 atom stereocenters. The summed E-state index contributed by atoms with van der Waals surface area (Å²) in [5.41, 5.74) is 1.27. The van der Waals surface area contributed by atoms with Crippen LogP contribution in [0.25, 0.3) is 11.0 Å². The number of nitrogens with zero attached hydrogens (tertiary/aromatic N) is 4. The van der Waals surface area contributed by atoms with Crippen molar-refractivity contribution >= 4 is 38.5 Å². The standard InChI is InChI=1S/C23H27ClN4O3S/c1-3-4-5-16-31-18-10-13-27(14-11-18)21-20-12-15-28(22(20)26-23(24)25-21)32(29,30)19-8-6-17(2)7-9-19/h3,6-9,12,15,18H,1,4-5,10-11,13-14,16H2,2H3. The topological polar surface area (TPSA) is 77.3 Å². The minimum absolute atomic E-state index is 0.0226. The molecule has 0 spiro atoms. The van der Waals surface area contributed by atoms with E-state index >= 15 is 0 Å². The fourth-order valence-electron chi connectivity index (χ4n) is 3.92. The van der Waals surface area contributed by atoms with Crippen molar-refractivity contribution in [1.29, 1.82) is 0 Å². The molecule has 3 aromatic rings. The average Bonchev–Trinajstić information content (AvgIpc) is 3.21. The number of piperidine rings is 1. The minimum Gasteiger partial charge on any atom is -0.378 e. The van der Waals surface area contributed by atoms with E-state index in [1.165, 1.54) is 10.2 Å². The summed E-state index contributed by atoms with van der Waals surface area (Å²) < 4.78 is 33.6. The molecule has 0 unspecified atom stereocenters. The molecular formula is C23H27ClN4O3S. The number of aryl methyl sites for hydroxylation is 1. The number of halogens is 1. The second kappa shape index (κ2) is 9.60. The average molecular weight is 475 g/mol. The van der Waals surface area contributed by atoms with E-state index in [2.05, 4.69) is 21.4 Å². The molecule has 0 radical (unpaired) electrons. The van der Waals surface area contributed by atoms with Gasteiger partial charge in [0.1, 0.15) is 5.82 Å². The first-order valence-electron chi connectivity index (χ1n) is 10.7. The Hall–Kier alpha value is -2.42. The van der Waals surface area contributed by atoms with Gasteiger partial charge in [-0.2, -0.15) is 9.97 Å². The molecule has 3 heterocycles. The summed E-state index contributed by atoms with van der Waals surface area (Å²) in [6.07, 6.45) is 7.33. The lowest BCUT2D eigenvalue weighted by molar-refractivity contribution is 0.0360. The summed E-state index contributed by atoms with van der Waals surface area (Å²) in [5, 5.41) is 0.685. The number of anilines is 1. The van der Waals surface area contributed by atoms with Gasteiger partial charge in [0.2, 0.25) is 5.28 Å². The van der Waals surface area contributed by atoms with Crippen LogP contribution in [0, 0.1) is 6.92 Å². The lowest BCUT2D eigenvalue weighted by Gasteiger charge is -2.33. The van der Waals surface area contributed by atoms with Crippen LogP contribution in [0.3, 0.4) is 0 Å². The Labute approximate surface area is 193 Å². The van der Waals surface area contributed by atoms with Crippen molar-refractivity contribution in [3.8, 4) is 0 Å². The molecule has 32 heavy (non-hydrogen) atoms. The van der Waals surface area contributed by atoms with Crippen LogP contribution in [0.1, 0.15) is 31.2 Å². The van der Waals surface area contributed by atoms with Gasteiger partial charge in [0.25, 0.3) is 10.0 Å². The number of fused-ring (bicyclic) bond motifs is 1. The van der Waals surface area contributed by atoms with E-state index < -0.39 is 10.0 Å². The largest absolute Gasteiger partial charge is 0.378 e. The molecule has 4 rings (SSSR count). The summed E-state index contributed by atoms with van der Waals surface area (Å²) >= 11 is 6.23. The first-order valence-corrected chi connectivity index (χ1v) is 12.6. The Morgan fingerprint density at radius 1 is 1.19 bits per heavy atom. The summed E-state index contributed by atoms with van der Waals surface area (Å²) in [5.74, 6) is 0.656. The molecule has 1 aromatic carbocycles. The van der Waals surface area contributed by atoms with E-state index in [0.717, 1.165) is 50.9 Å². The van der Waals surface area contributed by atoms with E-state index in [9.17, 15) is 8.42 Å². The van der Waals surface area contributed by atoms with Crippen LogP contribution in [-0.4, -0.2) is 48.2 Å². The van der Waals surface area contributed by atoms with E-state index in [1.54, 1.807) is 30.3 Å². The van der Waals surface area contributed by atoms with Crippen LogP contribution in [-0.2, 0) is 14.8 Å². The van der Waals surface area contributed by atoms with Crippen LogP contribution in [0.2, 0.25) is 5.28 Å². The molecule has 0 saturated carbocycles. The first-order chi connectivity index (χ1) is 15.4. The van der Waals surface area contributed by atoms with Crippen molar-refractivity contribution < 1.29 is 13.2 Å². The number of aromatic nitrogens is 3. The predicted octanol–water partition coefficient (Wildman–Crippen LogP) is 4.58. The third kappa shape index (κ3) is 4.67. The zero-order chi connectivity index (χ0) is 22.7. The van der Waals surface area contributed by atoms with Gasteiger partial charge in [-0.3, -0.25) is 0 Å². The van der Waals surface area contributed by atoms with Gasteiger partial charge in [0.15, 0.2) is 5.65 Å². The number of unbranched alkanes of at least 4 members (excludes halogenated alkanes) is 1. The molecule has 2 aromatic heterocycles. The van der Waals surface area contributed by atoms with Gasteiger partial charge in [-0.25, -0.2) is 12.4 Å². The third-order valence-corrected chi connectivity index (χ3v) is 7.54. The smallest absolute Gasteiger partial charge is 0.269 e. The highest BCUT2D eigenvalue weighted by Gasteiger charge is 2.26. The molecule has 170 valence electrons. The highest BCUT2D eigenvalue weighted by molar-refractivity contribution is 7.90. The maximum atomic E-state index is 13.2. The number of benzene rings is 1. The molecule has 1 saturated heterocycles. The van der Waals surface area contributed by atoms with Gasteiger partial charge in [-0.1, -0.05) is 23.8 Å². The van der Waals surface area contributed by atoms with Gasteiger partial charge in [-0.05, 0) is 62.4 Å². The van der Waals surface area contributed by atoms with Crippen LogP contribution in [0.15, 0.2) is 54.1 Å². The molecule has 1 fully saturated rings. The van der Waals surface area contributed by atoms with Crippen molar-refractivity contribution in [2.75, 3.05) is 24.6 Å². The van der Waals surface area contributed by atoms with Crippen molar-refractivity contribution in [2.24, 2.45) is 0 Å². The van der Waals surface area contributed by atoms with Crippen LogP contribution < -0.4 is 4.90 Å². The highest BCUT2D eigenvalue weighted by Crippen LogP contribution is 2.31. The Kier molecular flexibility index (Phi) is 6.83. The van der Waals surface area contributed by atoms with E-state index in [0.29, 0.717) is 11.2 Å². The summed E-state index contributed by atoms with van der Waals surface area (Å²) in [6, 6.07) is 8.48. The highest BCUT2D eigenvalue weighted by atomic mass is 35.5. The van der Waals surface area contributed by atoms with Gasteiger partial charge >= 0.3 is 0 Å². The normalized spacial score (nSPS) is 15.4. The van der Waals surface area contributed by atoms with Crippen LogP contribution >= 0.6 is 11.6 Å². The van der Waals surface area contributed by atoms with Gasteiger partial charge < -0.3 is 9.64 Å². The number of rotatable bonds is 8. The van der Waals surface area contributed by atoms with E-state index in [1.807, 2.05) is 13.0 Å². The minimum atomic E-state index is -3.80. The molecule has 0 N–H and O–H groups in total. The van der Waals surface area contributed by atoms with Gasteiger partial charge in [0, 0.05) is 25.9 Å². The maximum absolute atomic E-state index is 13.2. The van der Waals surface area contributed by atoms with Crippen molar-refractivity contribution in [3.05, 3.63) is 60.0 Å². The number of hydrogen-bond donors (Lipinski definition) is 0. The zero-order valence-electron chi connectivity index (χ0n) is 18.1. The van der Waals surface area contributed by atoms with Gasteiger partial charge in [0.05, 0.1) is 16.4 Å². The molecule has 0 aliphatic carbocycles. The van der Waals surface area contributed by atoms with Gasteiger partial charge in [-0.15, -0.1) is 6.58 Å². The zero-order valence-corrected chi connectivity index (χ0v) is 19.6. The van der Waals surface area contributed by atoms with Crippen molar-refractivity contribution in [3.63, 3.8) is 0 Å². The number of ether oxygens (including phenoxy) is 1. The Morgan fingerprint density at radius 2 is 1.91 bits per heavy atom. The third-order valence-electron chi connectivity index (χ3n) is 5.69. The number of hydrogen-bond acceptors (Lipinski definition) is 6. The summed E-state index contributed by atoms with van der Waals surface area (Å²) in [6.45, 7) is 7.89. The molecule has 7 nitrogen and oxygen atoms in total. The molecule has 9 heteroatoms. The SMILES string of the molecule is C=CCCCOC1CCN(c2nc(Cl)nc3c2ccn3S(=O)(=O)c2ccc(C)cc2)CC1. The number of allylic oxidation sites excluding steroid dienone is 1. The monoisotopic (exact) mass is 474 g/mol. The summed E-state index contributed by atoms with van der Waals surface area (Å²) in [7, 11) is -3.80. The molecule has 0 bridgehead atoms. The van der Waals surface area contributed by atoms with E-state index in [4.69, 9.17) is 16.3 Å². The summed E-state index contributed by atoms with van der Waals surface area (Å²) in [4.78, 5) is 11.0. The van der Waals surface area contributed by atoms with E-state index in [-0.39, 0.29) is 21.9 Å². The molecular weight excluding hydrogens is 448 g/mol. The first kappa shape index (κ1) is 22.8. The fourth-order valence-corrected chi connectivity index (χ4v) is 5.38. The van der Waals surface area contributed by atoms with Crippen molar-refractivity contribution in [1.82, 2.24) is 13.9 Å². The Balaban J connectivity index is 1.58.